The Morgan fingerprint density at radius 1 is 1.00 bits per heavy atom. The summed E-state index contributed by atoms with van der Waals surface area (Å²) in [6.45, 7) is 3.55. The van der Waals surface area contributed by atoms with Gasteiger partial charge in [0.25, 0.3) is 0 Å². The molecule has 0 radical (unpaired) electrons. The Morgan fingerprint density at radius 2 is 1.67 bits per heavy atom. The molecule has 24 heavy (non-hydrogen) atoms. The lowest BCUT2D eigenvalue weighted by atomic mass is 9.96. The quantitative estimate of drug-likeness (QED) is 0.724. The van der Waals surface area contributed by atoms with Crippen molar-refractivity contribution in [1.82, 2.24) is 0 Å². The molecule has 0 aliphatic carbocycles. The van der Waals surface area contributed by atoms with Crippen molar-refractivity contribution in [2.75, 3.05) is 27.1 Å². The van der Waals surface area contributed by atoms with Gasteiger partial charge in [0.15, 0.2) is 5.79 Å². The molecule has 0 bridgehead atoms. The highest BCUT2D eigenvalue weighted by Crippen LogP contribution is 2.35. The van der Waals surface area contributed by atoms with Crippen LogP contribution in [0.25, 0.3) is 0 Å². The number of hydrogen-bond acceptors (Lipinski definition) is 4. The van der Waals surface area contributed by atoms with Crippen LogP contribution in [0.3, 0.4) is 0 Å². The zero-order valence-corrected chi connectivity index (χ0v) is 14.2. The Kier molecular flexibility index (Phi) is 5.63. The van der Waals surface area contributed by atoms with Gasteiger partial charge in [-0.25, -0.2) is 0 Å². The van der Waals surface area contributed by atoms with Crippen LogP contribution in [0.4, 0.5) is 0 Å². The van der Waals surface area contributed by atoms with E-state index >= 15 is 0 Å². The average molecular weight is 328 g/mol. The summed E-state index contributed by atoms with van der Waals surface area (Å²) in [6.07, 6.45) is 0.686. The van der Waals surface area contributed by atoms with Crippen LogP contribution in [0.1, 0.15) is 29.7 Å². The number of hydrogen-bond donors (Lipinski definition) is 0. The molecule has 2 aromatic rings. The van der Waals surface area contributed by atoms with E-state index in [-0.39, 0.29) is 6.10 Å². The van der Waals surface area contributed by atoms with Gasteiger partial charge in [0, 0.05) is 19.1 Å². The van der Waals surface area contributed by atoms with E-state index in [0.717, 1.165) is 11.1 Å². The lowest BCUT2D eigenvalue weighted by Crippen LogP contribution is -2.29. The first-order valence-corrected chi connectivity index (χ1v) is 8.26. The van der Waals surface area contributed by atoms with Crippen molar-refractivity contribution < 1.29 is 18.9 Å². The molecule has 1 saturated heterocycles. The molecular formula is C20H24O4. The molecule has 1 aliphatic heterocycles. The monoisotopic (exact) mass is 328 g/mol. The second kappa shape index (κ2) is 7.90. The van der Waals surface area contributed by atoms with E-state index in [9.17, 15) is 0 Å². The molecule has 1 unspecified atom stereocenters. The second-order valence-electron chi connectivity index (χ2n) is 5.95. The van der Waals surface area contributed by atoms with Gasteiger partial charge in [0.1, 0.15) is 6.79 Å². The molecule has 128 valence electrons. The molecule has 4 heteroatoms. The maximum Gasteiger partial charge on any atom is 0.199 e. The van der Waals surface area contributed by atoms with Gasteiger partial charge in [-0.15, -0.1) is 0 Å². The molecule has 0 amide bonds. The summed E-state index contributed by atoms with van der Waals surface area (Å²) < 4.78 is 22.5. The van der Waals surface area contributed by atoms with Gasteiger partial charge in [-0.2, -0.15) is 0 Å². The SMILES string of the molecule is COCOC(C)c1ccc(CC2(c3ccccc3)OCCO2)cc1. The number of rotatable bonds is 7. The van der Waals surface area contributed by atoms with Gasteiger partial charge < -0.3 is 18.9 Å². The smallest absolute Gasteiger partial charge is 0.199 e. The normalized spacial score (nSPS) is 17.8. The van der Waals surface area contributed by atoms with Gasteiger partial charge in [0.05, 0.1) is 19.3 Å². The summed E-state index contributed by atoms with van der Waals surface area (Å²) in [5, 5.41) is 0. The number of benzene rings is 2. The molecule has 1 aliphatic rings. The van der Waals surface area contributed by atoms with Gasteiger partial charge in [0.2, 0.25) is 0 Å². The predicted octanol–water partition coefficient (Wildman–Crippen LogP) is 3.81. The Bertz CT molecular complexity index is 618. The van der Waals surface area contributed by atoms with Crippen LogP contribution in [0.15, 0.2) is 54.6 Å². The minimum atomic E-state index is -0.680. The van der Waals surface area contributed by atoms with Crippen molar-refractivity contribution in [2.24, 2.45) is 0 Å². The Balaban J connectivity index is 1.74. The zero-order chi connectivity index (χ0) is 16.8. The number of ether oxygens (including phenoxy) is 4. The van der Waals surface area contributed by atoms with E-state index in [2.05, 4.69) is 36.4 Å². The molecule has 0 saturated carbocycles. The molecular weight excluding hydrogens is 304 g/mol. The first-order chi connectivity index (χ1) is 11.7. The molecule has 3 rings (SSSR count). The largest absolute Gasteiger partial charge is 0.359 e. The molecule has 0 spiro atoms. The van der Waals surface area contributed by atoms with Crippen LogP contribution in [-0.4, -0.2) is 27.1 Å². The summed E-state index contributed by atoms with van der Waals surface area (Å²) in [6, 6.07) is 18.5. The summed E-state index contributed by atoms with van der Waals surface area (Å²) in [5.74, 6) is -0.680. The maximum atomic E-state index is 6.00. The van der Waals surface area contributed by atoms with Crippen molar-refractivity contribution in [3.05, 3.63) is 71.3 Å². The first kappa shape index (κ1) is 17.1. The highest BCUT2D eigenvalue weighted by molar-refractivity contribution is 5.28. The summed E-state index contributed by atoms with van der Waals surface area (Å²) in [4.78, 5) is 0. The Morgan fingerprint density at radius 3 is 2.29 bits per heavy atom. The lowest BCUT2D eigenvalue weighted by Gasteiger charge is -2.28. The summed E-state index contributed by atoms with van der Waals surface area (Å²) in [5.41, 5.74) is 3.35. The lowest BCUT2D eigenvalue weighted by molar-refractivity contribution is -0.164. The molecule has 1 fully saturated rings. The highest BCUT2D eigenvalue weighted by Gasteiger charge is 2.38. The van der Waals surface area contributed by atoms with Crippen LogP contribution >= 0.6 is 0 Å². The minimum Gasteiger partial charge on any atom is -0.359 e. The average Bonchev–Trinajstić information content (AvgIpc) is 3.11. The zero-order valence-electron chi connectivity index (χ0n) is 14.2. The van der Waals surface area contributed by atoms with Crippen molar-refractivity contribution in [2.45, 2.75) is 25.2 Å². The summed E-state index contributed by atoms with van der Waals surface area (Å²) in [7, 11) is 1.63. The van der Waals surface area contributed by atoms with Crippen molar-refractivity contribution in [3.8, 4) is 0 Å². The molecule has 1 heterocycles. The fourth-order valence-corrected chi connectivity index (χ4v) is 2.96. The van der Waals surface area contributed by atoms with E-state index < -0.39 is 5.79 Å². The van der Waals surface area contributed by atoms with E-state index in [1.807, 2.05) is 25.1 Å². The fourth-order valence-electron chi connectivity index (χ4n) is 2.96. The molecule has 4 nitrogen and oxygen atoms in total. The fraction of sp³-hybridized carbons (Fsp3) is 0.400. The number of methoxy groups -OCH3 is 1. The Hall–Kier alpha value is -1.72. The standard InChI is InChI=1S/C20H24O4/c1-16(22-15-21-2)18-10-8-17(9-11-18)14-20(23-12-13-24-20)19-6-4-3-5-7-19/h3-11,16H,12-15H2,1-2H3. The molecule has 0 N–H and O–H groups in total. The van der Waals surface area contributed by atoms with Crippen LogP contribution in [0.5, 0.6) is 0 Å². The Labute approximate surface area is 143 Å². The van der Waals surface area contributed by atoms with Crippen molar-refractivity contribution in [1.29, 1.82) is 0 Å². The van der Waals surface area contributed by atoms with Gasteiger partial charge >= 0.3 is 0 Å². The maximum absolute atomic E-state index is 6.00. The van der Waals surface area contributed by atoms with Crippen LogP contribution in [0.2, 0.25) is 0 Å². The van der Waals surface area contributed by atoms with Crippen LogP contribution in [-0.2, 0) is 31.2 Å². The second-order valence-corrected chi connectivity index (χ2v) is 5.95. The van der Waals surface area contributed by atoms with E-state index in [4.69, 9.17) is 18.9 Å². The topological polar surface area (TPSA) is 36.9 Å². The van der Waals surface area contributed by atoms with Crippen molar-refractivity contribution >= 4 is 0 Å². The molecule has 1 atom stereocenters. The molecule has 0 aromatic heterocycles. The van der Waals surface area contributed by atoms with Crippen molar-refractivity contribution in [3.63, 3.8) is 0 Å². The predicted molar refractivity (Wildman–Crippen MR) is 91.5 cm³/mol. The highest BCUT2D eigenvalue weighted by atomic mass is 16.7. The third kappa shape index (κ3) is 3.84. The van der Waals surface area contributed by atoms with Gasteiger partial charge in [-0.3, -0.25) is 0 Å². The minimum absolute atomic E-state index is 0.000985. The van der Waals surface area contributed by atoms with E-state index in [1.165, 1.54) is 5.56 Å². The van der Waals surface area contributed by atoms with Crippen LogP contribution in [0, 0.1) is 0 Å². The van der Waals surface area contributed by atoms with Gasteiger partial charge in [-0.05, 0) is 18.1 Å². The third-order valence-electron chi connectivity index (χ3n) is 4.29. The van der Waals surface area contributed by atoms with E-state index in [0.29, 0.717) is 26.4 Å². The van der Waals surface area contributed by atoms with Gasteiger partial charge in [-0.1, -0.05) is 54.6 Å². The van der Waals surface area contributed by atoms with E-state index in [1.54, 1.807) is 7.11 Å². The third-order valence-corrected chi connectivity index (χ3v) is 4.29. The molecule has 2 aromatic carbocycles. The van der Waals surface area contributed by atoms with Crippen LogP contribution < -0.4 is 0 Å². The summed E-state index contributed by atoms with van der Waals surface area (Å²) >= 11 is 0. The first-order valence-electron chi connectivity index (χ1n) is 8.26.